The van der Waals surface area contributed by atoms with E-state index in [9.17, 15) is 5.26 Å². The molecule has 0 amide bonds. The van der Waals surface area contributed by atoms with Crippen LogP contribution >= 0.6 is 0 Å². The summed E-state index contributed by atoms with van der Waals surface area (Å²) in [6, 6.07) is 101. The largest absolute Gasteiger partial charge is 0.458 e. The summed E-state index contributed by atoms with van der Waals surface area (Å²) in [4.78, 5) is 0. The summed E-state index contributed by atoms with van der Waals surface area (Å²) < 4.78 is 19.6. The summed E-state index contributed by atoms with van der Waals surface area (Å²) in [6.45, 7) is 6.72. The summed E-state index contributed by atoms with van der Waals surface area (Å²) in [5.74, 6) is 1.70. The van der Waals surface area contributed by atoms with Crippen LogP contribution in [0, 0.1) is 11.3 Å². The molecule has 20 rings (SSSR count). The number of aromatic nitrogens is 5. The van der Waals surface area contributed by atoms with Crippen molar-refractivity contribution < 1.29 is 4.74 Å². The maximum atomic E-state index is 9.90. The molecular formula is C83H53BN6O. The third-order valence-electron chi connectivity index (χ3n) is 20.1. The Bertz CT molecular complexity index is 6200. The molecular weight excluding hydrogens is 1110 g/mol. The van der Waals surface area contributed by atoms with Gasteiger partial charge in [0.25, 0.3) is 6.71 Å². The van der Waals surface area contributed by atoms with Gasteiger partial charge in [0.15, 0.2) is 0 Å². The average molecular weight is 1160 g/mol. The summed E-state index contributed by atoms with van der Waals surface area (Å²) >= 11 is 0. The topological polar surface area (TPSA) is 57.7 Å². The highest BCUT2D eigenvalue weighted by atomic mass is 16.5. The van der Waals surface area contributed by atoms with Gasteiger partial charge in [-0.2, -0.15) is 5.26 Å². The minimum absolute atomic E-state index is 0.116. The molecule has 7 nitrogen and oxygen atoms in total. The van der Waals surface area contributed by atoms with Gasteiger partial charge in [-0.1, -0.05) is 154 Å². The van der Waals surface area contributed by atoms with E-state index in [0.717, 1.165) is 95.0 Å². The van der Waals surface area contributed by atoms with E-state index in [1.807, 2.05) is 12.1 Å². The molecule has 0 bridgehead atoms. The second kappa shape index (κ2) is 18.2. The van der Waals surface area contributed by atoms with Gasteiger partial charge in [-0.25, -0.2) is 0 Å². The van der Waals surface area contributed by atoms with Crippen LogP contribution in [-0.4, -0.2) is 29.5 Å². The zero-order valence-electron chi connectivity index (χ0n) is 50.1. The van der Waals surface area contributed by atoms with Crippen LogP contribution < -0.4 is 21.1 Å². The van der Waals surface area contributed by atoms with Gasteiger partial charge in [0.05, 0.1) is 61.3 Å². The first-order valence-corrected chi connectivity index (χ1v) is 31.4. The van der Waals surface area contributed by atoms with Crippen LogP contribution in [0.1, 0.15) is 31.9 Å². The number of fused-ring (bicyclic) bond motifs is 19. The van der Waals surface area contributed by atoms with Gasteiger partial charge >= 0.3 is 0 Å². The predicted octanol–water partition coefficient (Wildman–Crippen LogP) is 18.9. The maximum absolute atomic E-state index is 9.90. The zero-order chi connectivity index (χ0) is 60.1. The molecule has 5 aromatic heterocycles. The van der Waals surface area contributed by atoms with Crippen LogP contribution in [0.2, 0.25) is 0 Å². The standard InChI is InChI=1S/C83H53BN6O/c1-83(2,3)52-32-39-79-67(42-52)84-68-47-56(89-74-27-15-9-21-62(74)64-44-54(34-37-76(64)89)87-71-24-12-6-18-59(71)60-19-7-13-25-72(60)87)46-66-65-45-55(35-38-77(65)90(82(66)68)78-40-51(41-80(91-79)81(78)84)50-30-28-49(48-85)29-31-50)88-73-26-14-8-20-61(73)63-43-53(33-36-75(63)88)86-69-22-10-4-16-57(69)58-17-5-11-23-70(58)86/h4-47H,1-3H3. The minimum atomic E-state index is -0.180. The average Bonchev–Trinajstić information content (AvgIpc) is 1.69. The molecule has 0 spiro atoms. The van der Waals surface area contributed by atoms with E-state index in [0.29, 0.717) is 5.56 Å². The van der Waals surface area contributed by atoms with Gasteiger partial charge in [-0.05, 0) is 172 Å². The highest BCUT2D eigenvalue weighted by Gasteiger charge is 2.42. The van der Waals surface area contributed by atoms with E-state index in [4.69, 9.17) is 4.74 Å². The van der Waals surface area contributed by atoms with Crippen LogP contribution in [0.5, 0.6) is 11.5 Å². The van der Waals surface area contributed by atoms with E-state index in [2.05, 4.69) is 304 Å². The van der Waals surface area contributed by atoms with Crippen molar-refractivity contribution in [1.29, 1.82) is 5.26 Å². The van der Waals surface area contributed by atoms with Crippen molar-refractivity contribution in [3.63, 3.8) is 0 Å². The second-order valence-corrected chi connectivity index (χ2v) is 25.9. The molecule has 0 unspecified atom stereocenters. The molecule has 0 fully saturated rings. The fourth-order valence-electron chi connectivity index (χ4n) is 16.1. The molecule has 0 saturated carbocycles. The Morgan fingerprint density at radius 3 is 1.20 bits per heavy atom. The van der Waals surface area contributed by atoms with Crippen LogP contribution in [0.3, 0.4) is 0 Å². The number of hydrogen-bond donors (Lipinski definition) is 0. The van der Waals surface area contributed by atoms with Gasteiger partial charge in [-0.15, -0.1) is 0 Å². The van der Waals surface area contributed by atoms with E-state index in [-0.39, 0.29) is 12.1 Å². The Morgan fingerprint density at radius 2 is 0.736 bits per heavy atom. The first kappa shape index (κ1) is 50.2. The molecule has 0 radical (unpaired) electrons. The van der Waals surface area contributed by atoms with Crippen molar-refractivity contribution in [1.82, 2.24) is 22.8 Å². The molecule has 2 aliphatic heterocycles. The number of rotatable bonds is 5. The molecule has 0 N–H and O–H groups in total. The summed E-state index contributed by atoms with van der Waals surface area (Å²) in [6.07, 6.45) is 0. The minimum Gasteiger partial charge on any atom is -0.458 e. The van der Waals surface area contributed by atoms with Gasteiger partial charge in [0, 0.05) is 87.8 Å². The third kappa shape index (κ3) is 6.92. The Balaban J connectivity index is 0.874. The van der Waals surface area contributed by atoms with Gasteiger partial charge in [0.1, 0.15) is 11.5 Å². The van der Waals surface area contributed by atoms with Crippen LogP contribution in [0.15, 0.2) is 267 Å². The highest BCUT2D eigenvalue weighted by molar-refractivity contribution is 6.99. The van der Waals surface area contributed by atoms with E-state index in [1.54, 1.807) is 0 Å². The van der Waals surface area contributed by atoms with Crippen LogP contribution in [0.25, 0.3) is 149 Å². The van der Waals surface area contributed by atoms with E-state index < -0.39 is 0 Å². The predicted molar refractivity (Wildman–Crippen MR) is 378 cm³/mol. The van der Waals surface area contributed by atoms with Crippen LogP contribution in [0.4, 0.5) is 0 Å². The molecule has 18 aromatic rings. The summed E-state index contributed by atoms with van der Waals surface area (Å²) in [5, 5.41) is 22.0. The lowest BCUT2D eigenvalue weighted by Crippen LogP contribution is -2.58. The fourth-order valence-corrected chi connectivity index (χ4v) is 16.1. The molecule has 0 saturated heterocycles. The maximum Gasteiger partial charge on any atom is 0.256 e. The molecule has 8 heteroatoms. The molecule has 424 valence electrons. The number of nitriles is 1. The van der Waals surface area contributed by atoms with E-state index in [1.165, 1.54) is 87.1 Å². The lowest BCUT2D eigenvalue weighted by molar-refractivity contribution is 0.486. The number of nitrogens with zero attached hydrogens (tertiary/aromatic N) is 6. The van der Waals surface area contributed by atoms with Gasteiger partial charge in [0.2, 0.25) is 0 Å². The number of ether oxygens (including phenoxy) is 1. The summed E-state index contributed by atoms with van der Waals surface area (Å²) in [7, 11) is 0. The van der Waals surface area contributed by atoms with Gasteiger partial charge in [-0.3, -0.25) is 0 Å². The molecule has 91 heavy (non-hydrogen) atoms. The lowest BCUT2D eigenvalue weighted by atomic mass is 9.34. The summed E-state index contributed by atoms with van der Waals surface area (Å²) in [5.41, 5.74) is 24.5. The molecule has 0 atom stereocenters. The first-order valence-electron chi connectivity index (χ1n) is 31.4. The Hall–Kier alpha value is -11.8. The third-order valence-corrected chi connectivity index (χ3v) is 20.1. The zero-order valence-corrected chi connectivity index (χ0v) is 50.1. The first-order chi connectivity index (χ1) is 44.7. The molecule has 7 heterocycles. The van der Waals surface area contributed by atoms with Crippen molar-refractivity contribution >= 4 is 132 Å². The van der Waals surface area contributed by atoms with Crippen molar-refractivity contribution in [3.8, 4) is 57.1 Å². The number of para-hydroxylation sites is 6. The highest BCUT2D eigenvalue weighted by Crippen LogP contribution is 2.45. The smallest absolute Gasteiger partial charge is 0.256 e. The lowest BCUT2D eigenvalue weighted by Gasteiger charge is -2.35. The molecule has 0 aliphatic carbocycles. The van der Waals surface area contributed by atoms with Crippen molar-refractivity contribution in [2.24, 2.45) is 0 Å². The quantitative estimate of drug-likeness (QED) is 0.161. The van der Waals surface area contributed by atoms with E-state index >= 15 is 0 Å². The van der Waals surface area contributed by atoms with Crippen molar-refractivity contribution in [2.45, 2.75) is 26.2 Å². The second-order valence-electron chi connectivity index (χ2n) is 25.9. The van der Waals surface area contributed by atoms with Gasteiger partial charge < -0.3 is 27.6 Å². The normalized spacial score (nSPS) is 12.8. The Kier molecular flexibility index (Phi) is 10.0. The number of benzene rings is 13. The Labute approximate surface area is 523 Å². The Morgan fingerprint density at radius 1 is 0.330 bits per heavy atom. The van der Waals surface area contributed by atoms with Crippen molar-refractivity contribution in [2.75, 3.05) is 0 Å². The van der Waals surface area contributed by atoms with Crippen LogP contribution in [-0.2, 0) is 5.41 Å². The molecule has 2 aliphatic rings. The van der Waals surface area contributed by atoms with Crippen molar-refractivity contribution in [3.05, 3.63) is 278 Å². The fraction of sp³-hybridized carbons (Fsp3) is 0.0482. The molecule has 13 aromatic carbocycles. The number of hydrogen-bond acceptors (Lipinski definition) is 2. The monoisotopic (exact) mass is 1160 g/mol. The SMILES string of the molecule is CC(C)(C)c1ccc2c(c1)B1c3c(cc(-c4ccc(C#N)cc4)cc3-n3c4ccc(-n5c6ccccc6c6cc(-n7c8ccccc8c8ccccc87)ccc65)cc4c4cc(-n5c6ccccc6c6cc(-n7c8ccccc8c8ccccc87)ccc65)cc1c43)O2.